The molecule has 0 bridgehead atoms. The van der Waals surface area contributed by atoms with Crippen molar-refractivity contribution in [2.75, 3.05) is 17.7 Å². The summed E-state index contributed by atoms with van der Waals surface area (Å²) >= 11 is 0. The van der Waals surface area contributed by atoms with E-state index in [0.29, 0.717) is 29.1 Å². The molecule has 1 saturated carbocycles. The Bertz CT molecular complexity index is 755. The number of benzene rings is 1. The number of anilines is 3. The quantitative estimate of drug-likeness (QED) is 0.610. The molecule has 3 rings (SSSR count). The third-order valence-electron chi connectivity index (χ3n) is 4.64. The molecule has 0 radical (unpaired) electrons. The number of hydrogen-bond donors (Lipinski definition) is 2. The number of aryl methyl sites for hydroxylation is 1. The Kier molecular flexibility index (Phi) is 6.04. The van der Waals surface area contributed by atoms with Crippen molar-refractivity contribution in [3.63, 3.8) is 0 Å². The number of ether oxygens (including phenoxy) is 1. The van der Waals surface area contributed by atoms with Crippen molar-refractivity contribution in [2.24, 2.45) is 0 Å². The average Bonchev–Trinajstić information content (AvgIpc) is 2.90. The summed E-state index contributed by atoms with van der Waals surface area (Å²) in [6, 6.07) is 9.53. The van der Waals surface area contributed by atoms with E-state index in [9.17, 15) is 4.79 Å². The third-order valence-corrected chi connectivity index (χ3v) is 4.64. The summed E-state index contributed by atoms with van der Waals surface area (Å²) in [5, 5.41) is 6.71. The summed E-state index contributed by atoms with van der Waals surface area (Å²) in [5.74, 6) is 0.913. The number of para-hydroxylation sites is 1. The molecular weight excluding hydrogens is 328 g/mol. The average molecular weight is 354 g/mol. The molecule has 1 aliphatic carbocycles. The summed E-state index contributed by atoms with van der Waals surface area (Å²) in [6.07, 6.45) is 7.44. The molecule has 138 valence electrons. The van der Waals surface area contributed by atoms with Crippen molar-refractivity contribution in [1.82, 2.24) is 9.97 Å². The molecule has 0 unspecified atom stereocenters. The lowest BCUT2D eigenvalue weighted by Crippen LogP contribution is -2.20. The highest BCUT2D eigenvalue weighted by molar-refractivity contribution is 5.96. The fourth-order valence-electron chi connectivity index (χ4n) is 3.32. The van der Waals surface area contributed by atoms with Gasteiger partial charge in [-0.15, -0.1) is 0 Å². The van der Waals surface area contributed by atoms with Gasteiger partial charge in [-0.3, -0.25) is 0 Å². The van der Waals surface area contributed by atoms with Crippen LogP contribution < -0.4 is 10.6 Å². The molecule has 1 aromatic heterocycles. The van der Waals surface area contributed by atoms with Gasteiger partial charge in [-0.1, -0.05) is 37.8 Å². The lowest BCUT2D eigenvalue weighted by Gasteiger charge is -2.17. The van der Waals surface area contributed by atoms with Crippen molar-refractivity contribution in [3.05, 3.63) is 41.6 Å². The SMILES string of the molecule is COC(=O)c1ccccc1Nc1cc(C)nc(NC2CCCCCC2)n1. The van der Waals surface area contributed by atoms with Crippen LogP contribution in [0.25, 0.3) is 0 Å². The maximum atomic E-state index is 11.9. The molecule has 0 amide bonds. The summed E-state index contributed by atoms with van der Waals surface area (Å²) in [5.41, 5.74) is 2.01. The van der Waals surface area contributed by atoms with Crippen molar-refractivity contribution >= 4 is 23.4 Å². The Morgan fingerprint density at radius 3 is 2.58 bits per heavy atom. The highest BCUT2D eigenvalue weighted by Crippen LogP contribution is 2.23. The number of hydrogen-bond acceptors (Lipinski definition) is 6. The first-order valence-electron chi connectivity index (χ1n) is 9.22. The number of aromatic nitrogens is 2. The van der Waals surface area contributed by atoms with Gasteiger partial charge < -0.3 is 15.4 Å². The van der Waals surface area contributed by atoms with E-state index in [1.54, 1.807) is 6.07 Å². The fourth-order valence-corrected chi connectivity index (χ4v) is 3.32. The van der Waals surface area contributed by atoms with Gasteiger partial charge in [0.1, 0.15) is 5.82 Å². The van der Waals surface area contributed by atoms with E-state index in [0.717, 1.165) is 18.5 Å². The first kappa shape index (κ1) is 18.2. The van der Waals surface area contributed by atoms with Gasteiger partial charge in [-0.05, 0) is 31.9 Å². The Morgan fingerprint density at radius 1 is 1.12 bits per heavy atom. The van der Waals surface area contributed by atoms with Crippen LogP contribution in [-0.4, -0.2) is 29.1 Å². The lowest BCUT2D eigenvalue weighted by atomic mass is 10.1. The second kappa shape index (κ2) is 8.65. The summed E-state index contributed by atoms with van der Waals surface area (Å²) < 4.78 is 4.85. The molecule has 0 spiro atoms. The second-order valence-electron chi connectivity index (χ2n) is 6.71. The molecule has 2 N–H and O–H groups in total. The zero-order valence-electron chi connectivity index (χ0n) is 15.4. The van der Waals surface area contributed by atoms with E-state index >= 15 is 0 Å². The topological polar surface area (TPSA) is 76.1 Å². The van der Waals surface area contributed by atoms with Crippen molar-refractivity contribution < 1.29 is 9.53 Å². The van der Waals surface area contributed by atoms with Crippen LogP contribution in [0, 0.1) is 6.92 Å². The first-order chi connectivity index (χ1) is 12.7. The number of methoxy groups -OCH3 is 1. The van der Waals surface area contributed by atoms with Crippen molar-refractivity contribution in [2.45, 2.75) is 51.5 Å². The Morgan fingerprint density at radius 2 is 1.85 bits per heavy atom. The Hall–Kier alpha value is -2.63. The van der Waals surface area contributed by atoms with Crippen LogP contribution in [-0.2, 0) is 4.74 Å². The van der Waals surface area contributed by atoms with Gasteiger partial charge >= 0.3 is 5.97 Å². The van der Waals surface area contributed by atoms with Crippen LogP contribution in [0.5, 0.6) is 0 Å². The number of nitrogens with zero attached hydrogens (tertiary/aromatic N) is 2. The van der Waals surface area contributed by atoms with E-state index in [-0.39, 0.29) is 5.97 Å². The maximum absolute atomic E-state index is 11.9. The monoisotopic (exact) mass is 354 g/mol. The third kappa shape index (κ3) is 4.71. The lowest BCUT2D eigenvalue weighted by molar-refractivity contribution is 0.0602. The largest absolute Gasteiger partial charge is 0.465 e. The highest BCUT2D eigenvalue weighted by atomic mass is 16.5. The van der Waals surface area contributed by atoms with E-state index in [2.05, 4.69) is 20.6 Å². The zero-order valence-corrected chi connectivity index (χ0v) is 15.4. The van der Waals surface area contributed by atoms with Gasteiger partial charge in [0, 0.05) is 17.8 Å². The molecule has 1 aromatic carbocycles. The smallest absolute Gasteiger partial charge is 0.339 e. The minimum absolute atomic E-state index is 0.379. The molecule has 1 fully saturated rings. The summed E-state index contributed by atoms with van der Waals surface area (Å²) in [7, 11) is 1.38. The number of nitrogens with one attached hydrogen (secondary N) is 2. The number of rotatable bonds is 5. The van der Waals surface area contributed by atoms with Crippen LogP contribution in [0.3, 0.4) is 0 Å². The van der Waals surface area contributed by atoms with Gasteiger partial charge in [0.05, 0.1) is 18.4 Å². The fraction of sp³-hybridized carbons (Fsp3) is 0.450. The normalized spacial score (nSPS) is 15.2. The minimum atomic E-state index is -0.379. The Labute approximate surface area is 154 Å². The standard InChI is InChI=1S/C20H26N4O2/c1-14-13-18(23-17-12-8-7-11-16(17)19(25)26-2)24-20(21-14)22-15-9-5-3-4-6-10-15/h7-8,11-13,15H,3-6,9-10H2,1-2H3,(H2,21,22,23,24). The number of carbonyl (C=O) groups is 1. The first-order valence-corrected chi connectivity index (χ1v) is 9.22. The molecule has 0 aliphatic heterocycles. The molecule has 26 heavy (non-hydrogen) atoms. The Balaban J connectivity index is 1.79. The summed E-state index contributed by atoms with van der Waals surface area (Å²) in [4.78, 5) is 21.1. The highest BCUT2D eigenvalue weighted by Gasteiger charge is 2.15. The van der Waals surface area contributed by atoms with Crippen LogP contribution >= 0.6 is 0 Å². The van der Waals surface area contributed by atoms with Crippen LogP contribution in [0.15, 0.2) is 30.3 Å². The van der Waals surface area contributed by atoms with Gasteiger partial charge in [0.25, 0.3) is 0 Å². The van der Waals surface area contributed by atoms with Gasteiger partial charge in [0.15, 0.2) is 0 Å². The van der Waals surface area contributed by atoms with E-state index < -0.39 is 0 Å². The molecule has 1 aliphatic rings. The second-order valence-corrected chi connectivity index (χ2v) is 6.71. The van der Waals surface area contributed by atoms with E-state index in [1.165, 1.54) is 32.8 Å². The molecule has 1 heterocycles. The molecule has 0 saturated heterocycles. The maximum Gasteiger partial charge on any atom is 0.339 e. The van der Waals surface area contributed by atoms with Crippen molar-refractivity contribution in [3.8, 4) is 0 Å². The molecule has 6 heteroatoms. The molecular formula is C20H26N4O2. The van der Waals surface area contributed by atoms with Gasteiger partial charge in [-0.25, -0.2) is 9.78 Å². The molecule has 6 nitrogen and oxygen atoms in total. The minimum Gasteiger partial charge on any atom is -0.465 e. The van der Waals surface area contributed by atoms with Crippen molar-refractivity contribution in [1.29, 1.82) is 0 Å². The molecule has 2 aromatic rings. The number of carbonyl (C=O) groups excluding carboxylic acids is 1. The predicted octanol–water partition coefficient (Wildman–Crippen LogP) is 4.45. The number of esters is 1. The van der Waals surface area contributed by atoms with Gasteiger partial charge in [-0.2, -0.15) is 4.98 Å². The zero-order chi connectivity index (χ0) is 18.4. The van der Waals surface area contributed by atoms with Crippen LogP contribution in [0.2, 0.25) is 0 Å². The van der Waals surface area contributed by atoms with Crippen LogP contribution in [0.4, 0.5) is 17.5 Å². The van der Waals surface area contributed by atoms with Crippen LogP contribution in [0.1, 0.15) is 54.6 Å². The van der Waals surface area contributed by atoms with Gasteiger partial charge in [0.2, 0.25) is 5.95 Å². The summed E-state index contributed by atoms with van der Waals surface area (Å²) in [6.45, 7) is 1.94. The van der Waals surface area contributed by atoms with E-state index in [1.807, 2.05) is 31.2 Å². The van der Waals surface area contributed by atoms with E-state index in [4.69, 9.17) is 4.74 Å². The molecule has 0 atom stereocenters. The predicted molar refractivity (Wildman–Crippen MR) is 103 cm³/mol.